The van der Waals surface area contributed by atoms with E-state index in [-0.39, 0.29) is 77.5 Å². The van der Waals surface area contributed by atoms with Gasteiger partial charge in [0.1, 0.15) is 0 Å². The van der Waals surface area contributed by atoms with Gasteiger partial charge in [-0.2, -0.15) is 5.10 Å². The lowest BCUT2D eigenvalue weighted by molar-refractivity contribution is -0.136. The molecule has 488 valence electrons. The highest BCUT2D eigenvalue weighted by Crippen LogP contribution is 2.29. The van der Waals surface area contributed by atoms with Crippen LogP contribution >= 0.6 is 0 Å². The molecule has 1 aromatic rings. The average Bonchev–Trinajstić information content (AvgIpc) is 4.01. The number of ether oxygens (including phenoxy) is 3. The molecule has 1 aromatic heterocycles. The standard InChI is InChI=1S/C17H28N4O.3C16H30N2O3/c1-17(2,3)12-16(22)19-8-5-14(6-9-19)20-10-11-21-15(13-20)4-7-18-21;1-16(2,3)10-15(20)17-6-4-13(5-7-17)18-8-9-21-12-14(18)11-19;2*1-16(2,3)10-15(20)17-6-4-13(5-7-17)18-8-9-21-14(11-18)12-19/h4,7,14H,5-6,8-13H2,1-3H3;3*13-14,19H,4-12H2,1-3H3/t;;2*14-/m..10/s1. The Morgan fingerprint density at radius 1 is 0.459 bits per heavy atom. The Hall–Kier alpha value is -3.31. The van der Waals surface area contributed by atoms with E-state index in [0.29, 0.717) is 75.6 Å². The van der Waals surface area contributed by atoms with Gasteiger partial charge in [0.25, 0.3) is 0 Å². The highest BCUT2D eigenvalue weighted by atomic mass is 16.5. The number of morpholine rings is 3. The van der Waals surface area contributed by atoms with E-state index in [9.17, 15) is 34.5 Å². The van der Waals surface area contributed by atoms with Gasteiger partial charge < -0.3 is 49.1 Å². The molecule has 0 aromatic carbocycles. The first-order valence-electron chi connectivity index (χ1n) is 32.8. The van der Waals surface area contributed by atoms with Crippen molar-refractivity contribution in [3.05, 3.63) is 18.0 Å². The van der Waals surface area contributed by atoms with Crippen LogP contribution in [0.5, 0.6) is 0 Å². The fraction of sp³-hybridized carbons (Fsp3) is 0.892. The molecule has 0 bridgehead atoms. The van der Waals surface area contributed by atoms with Crippen LogP contribution in [0.3, 0.4) is 0 Å². The molecule has 4 amide bonds. The molecule has 9 rings (SSSR count). The summed E-state index contributed by atoms with van der Waals surface area (Å²) in [4.78, 5) is 67.0. The molecule has 85 heavy (non-hydrogen) atoms. The van der Waals surface area contributed by atoms with Crippen LogP contribution in [0.2, 0.25) is 0 Å². The zero-order chi connectivity index (χ0) is 62.1. The van der Waals surface area contributed by atoms with Crippen molar-refractivity contribution < 1.29 is 48.7 Å². The molecule has 0 spiro atoms. The Morgan fingerprint density at radius 2 is 0.824 bits per heavy atom. The fourth-order valence-corrected chi connectivity index (χ4v) is 13.3. The van der Waals surface area contributed by atoms with Crippen LogP contribution in [0.25, 0.3) is 0 Å². The maximum atomic E-state index is 12.3. The molecule has 9 heterocycles. The molecule has 8 aliphatic rings. The molecule has 8 aliphatic heterocycles. The van der Waals surface area contributed by atoms with Crippen LogP contribution in [0.15, 0.2) is 12.3 Å². The number of likely N-dealkylation sites (tertiary alicyclic amines) is 4. The summed E-state index contributed by atoms with van der Waals surface area (Å²) < 4.78 is 18.6. The maximum absolute atomic E-state index is 12.3. The van der Waals surface area contributed by atoms with Crippen molar-refractivity contribution in [1.82, 2.24) is 49.0 Å². The van der Waals surface area contributed by atoms with E-state index in [1.165, 1.54) is 5.69 Å². The number of hydrogen-bond donors (Lipinski definition) is 3. The molecule has 0 aliphatic carbocycles. The lowest BCUT2D eigenvalue weighted by Crippen LogP contribution is -2.55. The van der Waals surface area contributed by atoms with Crippen LogP contribution in [0, 0.1) is 21.7 Å². The summed E-state index contributed by atoms with van der Waals surface area (Å²) in [7, 11) is 0. The fourth-order valence-electron chi connectivity index (χ4n) is 13.3. The third kappa shape index (κ3) is 23.9. The van der Waals surface area contributed by atoms with Gasteiger partial charge in [-0.3, -0.25) is 43.5 Å². The maximum Gasteiger partial charge on any atom is 0.223 e. The topological polar surface area (TPSA) is 200 Å². The van der Waals surface area contributed by atoms with Crippen LogP contribution in [-0.2, 0) is 46.5 Å². The predicted octanol–water partition coefficient (Wildman–Crippen LogP) is 5.45. The van der Waals surface area contributed by atoms with E-state index in [2.05, 4.69) is 123 Å². The Balaban J connectivity index is 0.000000182. The van der Waals surface area contributed by atoms with E-state index in [0.717, 1.165) is 163 Å². The zero-order valence-corrected chi connectivity index (χ0v) is 55.1. The number of aliphatic hydroxyl groups is 3. The zero-order valence-electron chi connectivity index (χ0n) is 55.1. The van der Waals surface area contributed by atoms with Gasteiger partial charge in [-0.1, -0.05) is 83.1 Å². The van der Waals surface area contributed by atoms with Gasteiger partial charge in [0.05, 0.1) is 76.7 Å². The summed E-state index contributed by atoms with van der Waals surface area (Å²) in [5.74, 6) is 1.18. The predicted molar refractivity (Wildman–Crippen MR) is 333 cm³/mol. The molecule has 20 nitrogen and oxygen atoms in total. The highest BCUT2D eigenvalue weighted by molar-refractivity contribution is 5.78. The number of carbonyl (C=O) groups is 4. The van der Waals surface area contributed by atoms with Crippen molar-refractivity contribution in [1.29, 1.82) is 0 Å². The summed E-state index contributed by atoms with van der Waals surface area (Å²) in [6, 6.07) is 4.39. The number of nitrogens with zero attached hydrogens (tertiary/aromatic N) is 10. The summed E-state index contributed by atoms with van der Waals surface area (Å²) in [6.45, 7) is 43.0. The van der Waals surface area contributed by atoms with Crippen molar-refractivity contribution in [3.63, 3.8) is 0 Å². The summed E-state index contributed by atoms with van der Waals surface area (Å²) in [6.07, 6.45) is 12.7. The molecule has 20 heteroatoms. The molecule has 7 fully saturated rings. The minimum absolute atomic E-state index is 0.0423. The molecule has 0 saturated carbocycles. The van der Waals surface area contributed by atoms with Crippen LogP contribution in [-0.4, -0.2) is 268 Å². The number of rotatable bonds is 11. The monoisotopic (exact) mass is 1200 g/mol. The first kappa shape index (κ1) is 70.8. The molecule has 3 atom stereocenters. The van der Waals surface area contributed by atoms with Gasteiger partial charge in [0.15, 0.2) is 0 Å². The van der Waals surface area contributed by atoms with Gasteiger partial charge >= 0.3 is 0 Å². The van der Waals surface area contributed by atoms with Crippen LogP contribution in [0.4, 0.5) is 0 Å². The molecule has 1 unspecified atom stereocenters. The minimum atomic E-state index is -0.0423. The highest BCUT2D eigenvalue weighted by Gasteiger charge is 2.36. The van der Waals surface area contributed by atoms with E-state index < -0.39 is 0 Å². The lowest BCUT2D eigenvalue weighted by Gasteiger charge is -2.44. The summed E-state index contributed by atoms with van der Waals surface area (Å²) in [5.41, 5.74) is 1.58. The average molecular weight is 1200 g/mol. The van der Waals surface area contributed by atoms with Crippen molar-refractivity contribution in [2.24, 2.45) is 21.7 Å². The first-order chi connectivity index (χ1) is 40.1. The number of fused-ring (bicyclic) bond motifs is 1. The molecule has 3 N–H and O–H groups in total. The summed E-state index contributed by atoms with van der Waals surface area (Å²) >= 11 is 0. The van der Waals surface area contributed by atoms with E-state index in [1.807, 2.05) is 20.9 Å². The van der Waals surface area contributed by atoms with Gasteiger partial charge in [-0.15, -0.1) is 0 Å². The second kappa shape index (κ2) is 33.0. The van der Waals surface area contributed by atoms with Gasteiger partial charge in [-0.25, -0.2) is 0 Å². The molecule has 0 radical (unpaired) electrons. The van der Waals surface area contributed by atoms with Crippen molar-refractivity contribution in [2.45, 2.75) is 216 Å². The molecule has 7 saturated heterocycles. The normalized spacial score (nSPS) is 24.8. The van der Waals surface area contributed by atoms with Crippen LogP contribution in [0.1, 0.15) is 166 Å². The molecular formula is C65H118N10O10. The van der Waals surface area contributed by atoms with Gasteiger partial charge in [0.2, 0.25) is 23.6 Å². The first-order valence-corrected chi connectivity index (χ1v) is 32.8. The minimum Gasteiger partial charge on any atom is -0.395 e. The quantitative estimate of drug-likeness (QED) is 0.253. The SMILES string of the molecule is CC(C)(C)CC(=O)N1CCC(N2CCOCC2CO)CC1.CC(C)(C)CC(=O)N1CCC(N2CCO[C@@H](CO)C2)CC1.CC(C)(C)CC(=O)N1CCC(N2CCO[C@H](CO)C2)CC1.CC(C)(C)CC(=O)N1CCC(N2CCn3nccc3C2)CC1. The van der Waals surface area contributed by atoms with E-state index >= 15 is 0 Å². The second-order valence-electron chi connectivity index (χ2n) is 30.4. The third-order valence-corrected chi connectivity index (χ3v) is 18.0. The number of carbonyl (C=O) groups excluding carboxylic acids is 4. The lowest BCUT2D eigenvalue weighted by atomic mass is 9.91. The number of aliphatic hydroxyl groups excluding tert-OH is 3. The Morgan fingerprint density at radius 3 is 1.18 bits per heavy atom. The summed E-state index contributed by atoms with van der Waals surface area (Å²) in [5, 5.41) is 32.3. The second-order valence-corrected chi connectivity index (χ2v) is 30.4. The van der Waals surface area contributed by atoms with Crippen molar-refractivity contribution in [3.8, 4) is 0 Å². The number of amides is 4. The Labute approximate surface area is 512 Å². The van der Waals surface area contributed by atoms with E-state index in [4.69, 9.17) is 14.2 Å². The van der Waals surface area contributed by atoms with Crippen LogP contribution < -0.4 is 0 Å². The van der Waals surface area contributed by atoms with E-state index in [1.54, 1.807) is 0 Å². The van der Waals surface area contributed by atoms with Gasteiger partial charge in [0, 0.05) is 154 Å². The largest absolute Gasteiger partial charge is 0.395 e. The molecular weight excluding hydrogens is 1080 g/mol. The van der Waals surface area contributed by atoms with Gasteiger partial charge in [-0.05, 0) is 79.1 Å². The Bertz CT molecular complexity index is 2090. The van der Waals surface area contributed by atoms with Crippen molar-refractivity contribution >= 4 is 23.6 Å². The number of piperidine rings is 4. The Kier molecular flexibility index (Phi) is 27.4. The number of aromatic nitrogens is 2. The van der Waals surface area contributed by atoms with Crippen molar-refractivity contribution in [2.75, 3.05) is 138 Å². The third-order valence-electron chi connectivity index (χ3n) is 18.0. The smallest absolute Gasteiger partial charge is 0.223 e. The number of hydrogen-bond acceptors (Lipinski definition) is 15.